The highest BCUT2D eigenvalue weighted by Crippen LogP contribution is 2.25. The van der Waals surface area contributed by atoms with Gasteiger partial charge in [-0.2, -0.15) is 4.98 Å². The molecule has 6 heteroatoms. The molecule has 0 aliphatic rings. The van der Waals surface area contributed by atoms with Gasteiger partial charge in [-0.15, -0.1) is 0 Å². The summed E-state index contributed by atoms with van der Waals surface area (Å²) in [4.78, 5) is 11.9. The number of nitrogens with two attached hydrogens (primary N) is 1. The fourth-order valence-electron chi connectivity index (χ4n) is 2.13. The van der Waals surface area contributed by atoms with Crippen LogP contribution in [0.15, 0.2) is 30.6 Å². The van der Waals surface area contributed by atoms with Crippen LogP contribution in [0.3, 0.4) is 0 Å². The second-order valence-electron chi connectivity index (χ2n) is 6.13. The fourth-order valence-corrected chi connectivity index (χ4v) is 2.13. The average molecular weight is 315 g/mol. The number of hydrogen-bond donors (Lipinski definition) is 2. The zero-order valence-corrected chi connectivity index (χ0v) is 14.0. The lowest BCUT2D eigenvalue weighted by Gasteiger charge is -2.26. The molecule has 3 N–H and O–H groups in total. The van der Waals surface area contributed by atoms with Gasteiger partial charge in [-0.1, -0.05) is 39.3 Å². The van der Waals surface area contributed by atoms with E-state index < -0.39 is 0 Å². The Morgan fingerprint density at radius 1 is 1.17 bits per heavy atom. The molecule has 0 unspecified atom stereocenters. The number of nitrogens with one attached hydrogen (secondary N) is 1. The zero-order valence-electron chi connectivity index (χ0n) is 14.0. The molecule has 0 aliphatic carbocycles. The first kappa shape index (κ1) is 17.0. The van der Waals surface area contributed by atoms with Gasteiger partial charge in [0.05, 0.1) is 6.61 Å². The molecule has 0 fully saturated rings. The molecule has 0 aliphatic heterocycles. The summed E-state index contributed by atoms with van der Waals surface area (Å²) in [5.74, 6) is 1.62. The van der Waals surface area contributed by atoms with Crippen LogP contribution >= 0.6 is 0 Å². The molecule has 0 spiro atoms. The third-order valence-electron chi connectivity index (χ3n) is 3.68. The second-order valence-corrected chi connectivity index (χ2v) is 6.13. The van der Waals surface area contributed by atoms with Crippen LogP contribution in [0.4, 0.5) is 11.9 Å². The van der Waals surface area contributed by atoms with Crippen LogP contribution in [0, 0.1) is 0 Å². The van der Waals surface area contributed by atoms with Crippen molar-refractivity contribution in [2.24, 2.45) is 0 Å². The van der Waals surface area contributed by atoms with Crippen LogP contribution in [0.5, 0.6) is 5.75 Å². The number of ether oxygens (including phenoxy) is 1. The van der Waals surface area contributed by atoms with Crippen molar-refractivity contribution in [2.75, 3.05) is 24.2 Å². The van der Waals surface area contributed by atoms with E-state index in [1.165, 1.54) is 11.9 Å². The molecule has 6 nitrogen and oxygen atoms in total. The lowest BCUT2D eigenvalue weighted by molar-refractivity contribution is 0.309. The van der Waals surface area contributed by atoms with Gasteiger partial charge in [0, 0.05) is 12.0 Å². The summed E-state index contributed by atoms with van der Waals surface area (Å²) in [6, 6.07) is 8.25. The number of nitrogens with zero attached hydrogens (tertiary/aromatic N) is 3. The Bertz CT molecular complexity index is 613. The lowest BCUT2D eigenvalue weighted by Crippen LogP contribution is -2.28. The Balaban J connectivity index is 1.95. The van der Waals surface area contributed by atoms with Crippen LogP contribution < -0.4 is 15.8 Å². The van der Waals surface area contributed by atoms with Crippen LogP contribution in [0.25, 0.3) is 0 Å². The molecule has 1 aromatic carbocycles. The molecular formula is C17H25N5O. The molecular weight excluding hydrogens is 290 g/mol. The first-order valence-electron chi connectivity index (χ1n) is 7.93. The topological polar surface area (TPSA) is 86.0 Å². The van der Waals surface area contributed by atoms with Crippen molar-refractivity contribution >= 4 is 11.9 Å². The Hall–Kier alpha value is -2.37. The van der Waals surface area contributed by atoms with Crippen LogP contribution in [-0.2, 0) is 5.41 Å². The molecule has 1 heterocycles. The second kappa shape index (κ2) is 7.76. The number of rotatable bonds is 8. The molecule has 0 amide bonds. The maximum absolute atomic E-state index is 5.70. The molecule has 2 aromatic rings. The quantitative estimate of drug-likeness (QED) is 0.728. The van der Waals surface area contributed by atoms with E-state index >= 15 is 0 Å². The maximum Gasteiger partial charge on any atom is 0.227 e. The molecule has 0 radical (unpaired) electrons. The van der Waals surface area contributed by atoms with Gasteiger partial charge in [-0.05, 0) is 24.1 Å². The SMILES string of the molecule is CCCCOc1ccc(C(C)(C)CNc2ncnc(N)n2)cc1. The Kier molecular flexibility index (Phi) is 5.73. The molecule has 2 rings (SSSR count). The number of anilines is 2. The molecule has 0 bridgehead atoms. The molecule has 1 aromatic heterocycles. The summed E-state index contributed by atoms with van der Waals surface area (Å²) in [5.41, 5.74) is 6.70. The van der Waals surface area contributed by atoms with E-state index in [9.17, 15) is 0 Å². The molecule has 0 saturated heterocycles. The van der Waals surface area contributed by atoms with Gasteiger partial charge in [0.2, 0.25) is 11.9 Å². The standard InChI is InChI=1S/C17H25N5O/c1-4-5-10-23-14-8-6-13(7-9-14)17(2,3)11-19-16-21-12-20-15(18)22-16/h6-9,12H,4-5,10-11H2,1-3H3,(H3,18,19,20,21,22). The summed E-state index contributed by atoms with van der Waals surface area (Å²) in [7, 11) is 0. The van der Waals surface area contributed by atoms with Gasteiger partial charge in [-0.25, -0.2) is 9.97 Å². The average Bonchev–Trinajstić information content (AvgIpc) is 2.54. The number of nitrogen functional groups attached to an aromatic ring is 1. The minimum absolute atomic E-state index is 0.0800. The summed E-state index contributed by atoms with van der Waals surface area (Å²) in [6.45, 7) is 7.94. The highest BCUT2D eigenvalue weighted by Gasteiger charge is 2.21. The lowest BCUT2D eigenvalue weighted by atomic mass is 9.84. The van der Waals surface area contributed by atoms with E-state index in [-0.39, 0.29) is 11.4 Å². The maximum atomic E-state index is 5.70. The molecule has 124 valence electrons. The van der Waals surface area contributed by atoms with Crippen LogP contribution in [0.2, 0.25) is 0 Å². The Labute approximate surface area is 137 Å². The summed E-state index contributed by atoms with van der Waals surface area (Å²) in [6.07, 6.45) is 3.62. The number of hydrogen-bond acceptors (Lipinski definition) is 6. The first-order valence-corrected chi connectivity index (χ1v) is 7.93. The molecule has 23 heavy (non-hydrogen) atoms. The number of aromatic nitrogens is 3. The molecule has 0 atom stereocenters. The van der Waals surface area contributed by atoms with Crippen molar-refractivity contribution in [3.05, 3.63) is 36.2 Å². The van der Waals surface area contributed by atoms with Gasteiger partial charge < -0.3 is 15.8 Å². The summed E-state index contributed by atoms with van der Waals surface area (Å²) in [5, 5.41) is 3.21. The van der Waals surface area contributed by atoms with E-state index in [4.69, 9.17) is 10.5 Å². The van der Waals surface area contributed by atoms with Crippen molar-refractivity contribution in [3.63, 3.8) is 0 Å². The third-order valence-corrected chi connectivity index (χ3v) is 3.68. The fraction of sp³-hybridized carbons (Fsp3) is 0.471. The minimum atomic E-state index is -0.0800. The van der Waals surface area contributed by atoms with Crippen molar-refractivity contribution in [1.29, 1.82) is 0 Å². The summed E-state index contributed by atoms with van der Waals surface area (Å²) < 4.78 is 5.70. The van der Waals surface area contributed by atoms with Gasteiger partial charge in [0.15, 0.2) is 0 Å². The third kappa shape index (κ3) is 5.09. The number of benzene rings is 1. The van der Waals surface area contributed by atoms with Gasteiger partial charge in [-0.3, -0.25) is 0 Å². The van der Waals surface area contributed by atoms with Gasteiger partial charge in [0.25, 0.3) is 0 Å². The van der Waals surface area contributed by atoms with Gasteiger partial charge >= 0.3 is 0 Å². The predicted octanol–water partition coefficient (Wildman–Crippen LogP) is 3.02. The van der Waals surface area contributed by atoms with Crippen LogP contribution in [-0.4, -0.2) is 28.1 Å². The van der Waals surface area contributed by atoms with Crippen molar-refractivity contribution in [1.82, 2.24) is 15.0 Å². The monoisotopic (exact) mass is 315 g/mol. The van der Waals surface area contributed by atoms with E-state index in [1.807, 2.05) is 12.1 Å². The van der Waals surface area contributed by atoms with Crippen molar-refractivity contribution in [2.45, 2.75) is 39.0 Å². The normalized spacial score (nSPS) is 11.3. The van der Waals surface area contributed by atoms with E-state index in [2.05, 4.69) is 53.2 Å². The zero-order chi connectivity index (χ0) is 16.7. The predicted molar refractivity (Wildman–Crippen MR) is 92.6 cm³/mol. The first-order chi connectivity index (χ1) is 11.0. The largest absolute Gasteiger partial charge is 0.494 e. The van der Waals surface area contributed by atoms with Gasteiger partial charge in [0.1, 0.15) is 12.1 Å². The minimum Gasteiger partial charge on any atom is -0.494 e. The Morgan fingerprint density at radius 2 is 1.91 bits per heavy atom. The highest BCUT2D eigenvalue weighted by molar-refractivity contribution is 5.35. The molecule has 0 saturated carbocycles. The van der Waals surface area contributed by atoms with E-state index in [0.29, 0.717) is 12.5 Å². The number of unbranched alkanes of at least 4 members (excludes halogenated alkanes) is 1. The van der Waals surface area contributed by atoms with Crippen molar-refractivity contribution in [3.8, 4) is 5.75 Å². The van der Waals surface area contributed by atoms with E-state index in [1.54, 1.807) is 0 Å². The smallest absolute Gasteiger partial charge is 0.227 e. The Morgan fingerprint density at radius 3 is 2.57 bits per heavy atom. The van der Waals surface area contributed by atoms with Crippen LogP contribution in [0.1, 0.15) is 39.2 Å². The summed E-state index contributed by atoms with van der Waals surface area (Å²) >= 11 is 0. The van der Waals surface area contributed by atoms with E-state index in [0.717, 1.165) is 25.2 Å². The highest BCUT2D eigenvalue weighted by atomic mass is 16.5. The van der Waals surface area contributed by atoms with Crippen molar-refractivity contribution < 1.29 is 4.74 Å².